The van der Waals surface area contributed by atoms with E-state index in [1.165, 1.54) is 19.3 Å². The van der Waals surface area contributed by atoms with Crippen LogP contribution < -0.4 is 0 Å². The average Bonchev–Trinajstić information content (AvgIpc) is 2.73. The van der Waals surface area contributed by atoms with Gasteiger partial charge in [0.05, 0.1) is 13.2 Å². The van der Waals surface area contributed by atoms with Gasteiger partial charge in [-0.2, -0.15) is 4.31 Å². The van der Waals surface area contributed by atoms with Crippen molar-refractivity contribution in [3.05, 3.63) is 18.0 Å². The van der Waals surface area contributed by atoms with Crippen LogP contribution in [0.25, 0.3) is 0 Å². The summed E-state index contributed by atoms with van der Waals surface area (Å²) in [6.07, 6.45) is 7.51. The van der Waals surface area contributed by atoms with Gasteiger partial charge >= 0.3 is 0 Å². The molecule has 6 heteroatoms. The number of sulfonamides is 1. The van der Waals surface area contributed by atoms with Crippen molar-refractivity contribution in [1.82, 2.24) is 8.87 Å². The van der Waals surface area contributed by atoms with E-state index >= 15 is 0 Å². The lowest BCUT2D eigenvalue weighted by atomic mass is 10.4. The Morgan fingerprint density at radius 1 is 1.56 bits per heavy atom. The SMILES string of the molecule is C#CCN(C)S(=O)(=O)c1cc(CO)n(CCC)c1. The molecule has 0 radical (unpaired) electrons. The molecule has 0 atom stereocenters. The number of aromatic nitrogens is 1. The van der Waals surface area contributed by atoms with Gasteiger partial charge in [0.1, 0.15) is 4.90 Å². The first-order valence-corrected chi connectivity index (χ1v) is 7.11. The Morgan fingerprint density at radius 2 is 2.22 bits per heavy atom. The molecule has 1 aromatic rings. The van der Waals surface area contributed by atoms with Crippen molar-refractivity contribution in [3.8, 4) is 12.3 Å². The van der Waals surface area contributed by atoms with Crippen LogP contribution >= 0.6 is 0 Å². The molecule has 0 aliphatic heterocycles. The van der Waals surface area contributed by atoms with E-state index in [2.05, 4.69) is 5.92 Å². The molecule has 0 amide bonds. The molecule has 0 aromatic carbocycles. The largest absolute Gasteiger partial charge is 0.390 e. The summed E-state index contributed by atoms with van der Waals surface area (Å²) in [5.41, 5.74) is 0.588. The maximum atomic E-state index is 12.1. The van der Waals surface area contributed by atoms with Gasteiger partial charge in [-0.25, -0.2) is 8.42 Å². The van der Waals surface area contributed by atoms with E-state index in [0.717, 1.165) is 10.7 Å². The summed E-state index contributed by atoms with van der Waals surface area (Å²) >= 11 is 0. The van der Waals surface area contributed by atoms with Crippen LogP contribution in [-0.4, -0.2) is 36.0 Å². The Balaban J connectivity index is 3.14. The molecule has 1 heterocycles. The highest BCUT2D eigenvalue weighted by molar-refractivity contribution is 7.89. The molecule has 18 heavy (non-hydrogen) atoms. The number of aliphatic hydroxyl groups excluding tert-OH is 1. The second-order valence-electron chi connectivity index (χ2n) is 3.98. The van der Waals surface area contributed by atoms with Gasteiger partial charge in [-0.1, -0.05) is 12.8 Å². The summed E-state index contributed by atoms with van der Waals surface area (Å²) in [5, 5.41) is 9.20. The first-order chi connectivity index (χ1) is 8.47. The smallest absolute Gasteiger partial charge is 0.245 e. The molecule has 1 aromatic heterocycles. The lowest BCUT2D eigenvalue weighted by molar-refractivity contribution is 0.270. The molecular formula is C12H18N2O3S. The molecule has 0 saturated heterocycles. The summed E-state index contributed by atoms with van der Waals surface area (Å²) in [5.74, 6) is 2.29. The number of aliphatic hydroxyl groups is 1. The fourth-order valence-corrected chi connectivity index (χ4v) is 2.79. The zero-order valence-corrected chi connectivity index (χ0v) is 11.4. The van der Waals surface area contributed by atoms with Crippen LogP contribution in [0.4, 0.5) is 0 Å². The molecule has 0 saturated carbocycles. The van der Waals surface area contributed by atoms with Crippen molar-refractivity contribution < 1.29 is 13.5 Å². The van der Waals surface area contributed by atoms with Gasteiger partial charge < -0.3 is 9.67 Å². The van der Waals surface area contributed by atoms with Gasteiger partial charge in [0.15, 0.2) is 0 Å². The van der Waals surface area contributed by atoms with Crippen LogP contribution in [0.3, 0.4) is 0 Å². The number of aryl methyl sites for hydroxylation is 1. The van der Waals surface area contributed by atoms with Crippen molar-refractivity contribution in [1.29, 1.82) is 0 Å². The van der Waals surface area contributed by atoms with Gasteiger partial charge in [0, 0.05) is 25.5 Å². The average molecular weight is 270 g/mol. The van der Waals surface area contributed by atoms with Gasteiger partial charge in [-0.15, -0.1) is 6.42 Å². The van der Waals surface area contributed by atoms with Crippen molar-refractivity contribution in [2.24, 2.45) is 0 Å². The molecule has 0 bridgehead atoms. The number of terminal acetylenes is 1. The molecule has 0 aliphatic rings. The molecule has 1 rings (SSSR count). The first kappa shape index (κ1) is 14.8. The summed E-state index contributed by atoms with van der Waals surface area (Å²) in [7, 11) is -2.14. The second-order valence-corrected chi connectivity index (χ2v) is 6.03. The fourth-order valence-electron chi connectivity index (χ4n) is 1.64. The van der Waals surface area contributed by atoms with E-state index in [-0.39, 0.29) is 18.0 Å². The van der Waals surface area contributed by atoms with Crippen molar-refractivity contribution >= 4 is 10.0 Å². The van der Waals surface area contributed by atoms with Crippen LogP contribution in [0.15, 0.2) is 17.2 Å². The Morgan fingerprint density at radius 3 is 2.72 bits per heavy atom. The van der Waals surface area contributed by atoms with E-state index in [9.17, 15) is 13.5 Å². The lowest BCUT2D eigenvalue weighted by Gasteiger charge is -2.12. The molecule has 5 nitrogen and oxygen atoms in total. The summed E-state index contributed by atoms with van der Waals surface area (Å²) in [6.45, 7) is 2.49. The maximum Gasteiger partial charge on any atom is 0.245 e. The molecular weight excluding hydrogens is 252 g/mol. The van der Waals surface area contributed by atoms with E-state index in [0.29, 0.717) is 12.2 Å². The molecule has 1 N–H and O–H groups in total. The third-order valence-corrected chi connectivity index (χ3v) is 4.38. The minimum Gasteiger partial charge on any atom is -0.390 e. The van der Waals surface area contributed by atoms with E-state index in [1.807, 2.05) is 6.92 Å². The summed E-state index contributed by atoms with van der Waals surface area (Å²) in [6, 6.07) is 1.48. The highest BCUT2D eigenvalue weighted by Gasteiger charge is 2.22. The topological polar surface area (TPSA) is 62.5 Å². The first-order valence-electron chi connectivity index (χ1n) is 5.67. The van der Waals surface area contributed by atoms with Crippen molar-refractivity contribution in [3.63, 3.8) is 0 Å². The Labute approximate surface area is 108 Å². The molecule has 0 spiro atoms. The minimum atomic E-state index is -3.57. The van der Waals surface area contributed by atoms with E-state index < -0.39 is 10.0 Å². The maximum absolute atomic E-state index is 12.1. The number of hydrogen-bond acceptors (Lipinski definition) is 3. The highest BCUT2D eigenvalue weighted by atomic mass is 32.2. The zero-order valence-electron chi connectivity index (χ0n) is 10.6. The number of hydrogen-bond donors (Lipinski definition) is 1. The minimum absolute atomic E-state index is 0.0236. The predicted octanol–water partition coefficient (Wildman–Crippen LogP) is 0.644. The predicted molar refractivity (Wildman–Crippen MR) is 69.3 cm³/mol. The van der Waals surface area contributed by atoms with Crippen LogP contribution in [0.1, 0.15) is 19.0 Å². The normalized spacial score (nSPS) is 11.7. The highest BCUT2D eigenvalue weighted by Crippen LogP contribution is 2.18. The van der Waals surface area contributed by atoms with Crippen LogP contribution in [0, 0.1) is 12.3 Å². The number of rotatable bonds is 6. The molecule has 0 unspecified atom stereocenters. The van der Waals surface area contributed by atoms with Crippen molar-refractivity contribution in [2.75, 3.05) is 13.6 Å². The molecule has 0 fully saturated rings. The lowest BCUT2D eigenvalue weighted by Crippen LogP contribution is -2.26. The Kier molecular flexibility index (Phi) is 4.96. The Hall–Kier alpha value is -1.29. The monoisotopic (exact) mass is 270 g/mol. The zero-order chi connectivity index (χ0) is 13.8. The van der Waals surface area contributed by atoms with E-state index in [1.54, 1.807) is 4.57 Å². The third-order valence-electron chi connectivity index (χ3n) is 2.61. The Bertz CT molecular complexity index is 540. The third kappa shape index (κ3) is 2.93. The molecule has 100 valence electrons. The number of nitrogens with zero attached hydrogens (tertiary/aromatic N) is 2. The van der Waals surface area contributed by atoms with Gasteiger partial charge in [-0.3, -0.25) is 0 Å². The van der Waals surface area contributed by atoms with Crippen LogP contribution in [-0.2, 0) is 23.2 Å². The van der Waals surface area contributed by atoms with Crippen LogP contribution in [0.2, 0.25) is 0 Å². The van der Waals surface area contributed by atoms with Gasteiger partial charge in [-0.05, 0) is 12.5 Å². The van der Waals surface area contributed by atoms with E-state index in [4.69, 9.17) is 6.42 Å². The molecule has 0 aliphatic carbocycles. The van der Waals surface area contributed by atoms with Gasteiger partial charge in [0.25, 0.3) is 0 Å². The van der Waals surface area contributed by atoms with Crippen LogP contribution in [0.5, 0.6) is 0 Å². The summed E-state index contributed by atoms with van der Waals surface area (Å²) in [4.78, 5) is 0.165. The second kappa shape index (κ2) is 6.05. The van der Waals surface area contributed by atoms with Gasteiger partial charge in [0.2, 0.25) is 10.0 Å². The fraction of sp³-hybridized carbons (Fsp3) is 0.500. The standard InChI is InChI=1S/C12H18N2O3S/c1-4-6-13(3)18(16,17)12-8-11(10-15)14(9-12)7-5-2/h1,8-9,15H,5-7,10H2,2-3H3. The summed E-state index contributed by atoms with van der Waals surface area (Å²) < 4.78 is 27.1. The quantitative estimate of drug-likeness (QED) is 0.772. The van der Waals surface area contributed by atoms with Crippen molar-refractivity contribution in [2.45, 2.75) is 31.4 Å².